The first-order valence-corrected chi connectivity index (χ1v) is 8.88. The molecular formula is C14H21N7O2S. The molecule has 0 unspecified atom stereocenters. The third-order valence-electron chi connectivity index (χ3n) is 3.86. The Morgan fingerprint density at radius 1 is 1.46 bits per heavy atom. The highest BCUT2D eigenvalue weighted by atomic mass is 32.1. The van der Waals surface area contributed by atoms with Gasteiger partial charge in [-0.05, 0) is 16.8 Å². The fourth-order valence-electron chi connectivity index (χ4n) is 2.54. The van der Waals surface area contributed by atoms with Crippen LogP contribution in [0.3, 0.4) is 0 Å². The smallest absolute Gasteiger partial charge is 0.242 e. The first-order valence-electron chi connectivity index (χ1n) is 8.00. The molecule has 0 bridgehead atoms. The maximum Gasteiger partial charge on any atom is 0.242 e. The van der Waals surface area contributed by atoms with E-state index < -0.39 is 0 Å². The van der Waals surface area contributed by atoms with E-state index in [2.05, 4.69) is 30.7 Å². The summed E-state index contributed by atoms with van der Waals surface area (Å²) in [6.45, 7) is 5.87. The second kappa shape index (κ2) is 8.27. The Balaban J connectivity index is 1.57. The van der Waals surface area contributed by atoms with Crippen LogP contribution in [0, 0.1) is 0 Å². The quantitative estimate of drug-likeness (QED) is 0.762. The lowest BCUT2D eigenvalue weighted by Crippen LogP contribution is -2.37. The van der Waals surface area contributed by atoms with E-state index in [-0.39, 0.29) is 18.5 Å². The highest BCUT2D eigenvalue weighted by Gasteiger charge is 2.19. The number of carbonyl (C=O) groups is 1. The van der Waals surface area contributed by atoms with Crippen LogP contribution in [0.4, 0.5) is 0 Å². The maximum absolute atomic E-state index is 12.3. The Kier molecular flexibility index (Phi) is 5.83. The van der Waals surface area contributed by atoms with Gasteiger partial charge in [0.2, 0.25) is 5.91 Å². The van der Waals surface area contributed by atoms with Crippen molar-refractivity contribution in [1.82, 2.24) is 35.4 Å². The Morgan fingerprint density at radius 3 is 3.00 bits per heavy atom. The summed E-state index contributed by atoms with van der Waals surface area (Å²) in [7, 11) is 0. The Hall–Kier alpha value is -1.91. The molecular weight excluding hydrogens is 330 g/mol. The highest BCUT2D eigenvalue weighted by Crippen LogP contribution is 2.18. The van der Waals surface area contributed by atoms with Crippen molar-refractivity contribution in [2.75, 3.05) is 26.3 Å². The van der Waals surface area contributed by atoms with E-state index in [1.807, 2.05) is 12.3 Å². The molecule has 2 aromatic rings. The molecule has 3 heterocycles. The number of morpholine rings is 1. The van der Waals surface area contributed by atoms with E-state index >= 15 is 0 Å². The van der Waals surface area contributed by atoms with Gasteiger partial charge in [-0.1, -0.05) is 6.92 Å². The fraction of sp³-hybridized carbons (Fsp3) is 0.643. The normalized spacial score (nSPS) is 16.9. The van der Waals surface area contributed by atoms with Crippen molar-refractivity contribution in [3.05, 3.63) is 22.4 Å². The standard InChI is InChI=1S/C14H21N7O2S/c1-2-11(14-15-3-8-24-14)16-13(22)10-21-12(17-18-19-21)9-20-4-6-23-7-5-20/h3,8,11H,2,4-7,9-10H2,1H3,(H,16,22)/t11-/m1/s1. The van der Waals surface area contributed by atoms with E-state index in [4.69, 9.17) is 4.74 Å². The number of hydrogen-bond donors (Lipinski definition) is 1. The van der Waals surface area contributed by atoms with Gasteiger partial charge in [-0.3, -0.25) is 9.69 Å². The lowest BCUT2D eigenvalue weighted by molar-refractivity contribution is -0.122. The first-order chi connectivity index (χ1) is 11.8. The summed E-state index contributed by atoms with van der Waals surface area (Å²) in [5.74, 6) is 0.571. The van der Waals surface area contributed by atoms with Gasteiger partial charge < -0.3 is 10.1 Å². The van der Waals surface area contributed by atoms with Crippen molar-refractivity contribution in [3.63, 3.8) is 0 Å². The monoisotopic (exact) mass is 351 g/mol. The fourth-order valence-corrected chi connectivity index (χ4v) is 3.31. The van der Waals surface area contributed by atoms with E-state index in [1.54, 1.807) is 22.2 Å². The van der Waals surface area contributed by atoms with E-state index in [0.29, 0.717) is 25.6 Å². The number of thiazole rings is 1. The molecule has 0 saturated carbocycles. The highest BCUT2D eigenvalue weighted by molar-refractivity contribution is 7.09. The Bertz CT molecular complexity index is 639. The largest absolute Gasteiger partial charge is 0.379 e. The minimum atomic E-state index is -0.118. The van der Waals surface area contributed by atoms with Crippen LogP contribution in [0.1, 0.15) is 30.2 Å². The van der Waals surface area contributed by atoms with Gasteiger partial charge in [0.05, 0.1) is 25.8 Å². The minimum absolute atomic E-state index is 0.0725. The van der Waals surface area contributed by atoms with Crippen LogP contribution in [0.15, 0.2) is 11.6 Å². The summed E-state index contributed by atoms with van der Waals surface area (Å²) in [6.07, 6.45) is 2.53. The third kappa shape index (κ3) is 4.34. The van der Waals surface area contributed by atoms with Crippen LogP contribution in [0.2, 0.25) is 0 Å². The van der Waals surface area contributed by atoms with Crippen LogP contribution in [-0.2, 0) is 22.6 Å². The topological polar surface area (TPSA) is 98.1 Å². The number of aromatic nitrogens is 5. The Morgan fingerprint density at radius 2 is 2.29 bits per heavy atom. The molecule has 2 aromatic heterocycles. The molecule has 1 aliphatic heterocycles. The lowest BCUT2D eigenvalue weighted by atomic mass is 10.2. The molecule has 1 aliphatic rings. The zero-order valence-electron chi connectivity index (χ0n) is 13.6. The van der Waals surface area contributed by atoms with Gasteiger partial charge in [0.1, 0.15) is 11.6 Å². The van der Waals surface area contributed by atoms with Crippen molar-refractivity contribution >= 4 is 17.2 Å². The van der Waals surface area contributed by atoms with Crippen molar-refractivity contribution in [2.45, 2.75) is 32.5 Å². The number of ether oxygens (including phenoxy) is 1. The molecule has 130 valence electrons. The Labute approximate surface area is 144 Å². The molecule has 3 rings (SSSR count). The molecule has 1 fully saturated rings. The summed E-state index contributed by atoms with van der Waals surface area (Å²) in [5.41, 5.74) is 0. The second-order valence-corrected chi connectivity index (χ2v) is 6.47. The van der Waals surface area contributed by atoms with Gasteiger partial charge in [-0.25, -0.2) is 9.67 Å². The summed E-state index contributed by atoms with van der Waals surface area (Å²) in [5, 5.41) is 17.5. The third-order valence-corrected chi connectivity index (χ3v) is 4.75. The molecule has 0 spiro atoms. The van der Waals surface area contributed by atoms with E-state index in [1.165, 1.54) is 0 Å². The van der Waals surface area contributed by atoms with Crippen molar-refractivity contribution in [2.24, 2.45) is 0 Å². The number of rotatable bonds is 7. The molecule has 0 aromatic carbocycles. The zero-order valence-corrected chi connectivity index (χ0v) is 14.4. The first kappa shape index (κ1) is 16.9. The molecule has 0 aliphatic carbocycles. The molecule has 0 radical (unpaired) electrons. The number of nitrogens with zero attached hydrogens (tertiary/aromatic N) is 6. The van der Waals surface area contributed by atoms with Gasteiger partial charge in [-0.15, -0.1) is 16.4 Å². The number of carbonyl (C=O) groups excluding carboxylic acids is 1. The molecule has 1 N–H and O–H groups in total. The summed E-state index contributed by atoms with van der Waals surface area (Å²) < 4.78 is 6.89. The number of hydrogen-bond acceptors (Lipinski definition) is 8. The van der Waals surface area contributed by atoms with E-state index in [9.17, 15) is 4.79 Å². The number of nitrogens with one attached hydrogen (secondary N) is 1. The SMILES string of the molecule is CC[C@@H](NC(=O)Cn1nnnc1CN1CCOCC1)c1nccs1. The predicted octanol–water partition coefficient (Wildman–Crippen LogP) is 0.229. The molecule has 1 saturated heterocycles. The molecule has 9 nitrogen and oxygen atoms in total. The van der Waals surface area contributed by atoms with Crippen molar-refractivity contribution < 1.29 is 9.53 Å². The second-order valence-electron chi connectivity index (χ2n) is 5.54. The average Bonchev–Trinajstić information content (AvgIpc) is 3.26. The van der Waals surface area contributed by atoms with Gasteiger partial charge in [0, 0.05) is 24.7 Å². The van der Waals surface area contributed by atoms with Crippen LogP contribution >= 0.6 is 11.3 Å². The average molecular weight is 351 g/mol. The lowest BCUT2D eigenvalue weighted by Gasteiger charge is -2.25. The van der Waals surface area contributed by atoms with E-state index in [0.717, 1.165) is 24.5 Å². The van der Waals surface area contributed by atoms with Crippen molar-refractivity contribution in [3.8, 4) is 0 Å². The van der Waals surface area contributed by atoms with Crippen LogP contribution in [0.25, 0.3) is 0 Å². The van der Waals surface area contributed by atoms with Gasteiger partial charge in [0.15, 0.2) is 5.82 Å². The number of amides is 1. The molecule has 1 atom stereocenters. The summed E-state index contributed by atoms with van der Waals surface area (Å²) in [4.78, 5) is 18.8. The zero-order chi connectivity index (χ0) is 16.8. The van der Waals surface area contributed by atoms with Crippen LogP contribution in [-0.4, -0.2) is 62.3 Å². The van der Waals surface area contributed by atoms with Gasteiger partial charge >= 0.3 is 0 Å². The molecule has 1 amide bonds. The molecule has 10 heteroatoms. The minimum Gasteiger partial charge on any atom is -0.379 e. The maximum atomic E-state index is 12.3. The summed E-state index contributed by atoms with van der Waals surface area (Å²) in [6, 6.07) is -0.0725. The summed E-state index contributed by atoms with van der Waals surface area (Å²) >= 11 is 1.54. The van der Waals surface area contributed by atoms with Gasteiger partial charge in [0.25, 0.3) is 0 Å². The van der Waals surface area contributed by atoms with Crippen LogP contribution in [0.5, 0.6) is 0 Å². The molecule has 24 heavy (non-hydrogen) atoms. The predicted molar refractivity (Wildman–Crippen MR) is 87.2 cm³/mol. The van der Waals surface area contributed by atoms with Gasteiger partial charge in [-0.2, -0.15) is 0 Å². The number of tetrazole rings is 1. The van der Waals surface area contributed by atoms with Crippen LogP contribution < -0.4 is 5.32 Å². The van der Waals surface area contributed by atoms with Crippen molar-refractivity contribution in [1.29, 1.82) is 0 Å².